The molecule has 10 atom stereocenters. The SMILES string of the molecule is Cc1ncsc1-c1ccc(CNC(=O)[C@@H]2C[C@@H](O)CN2C(=O)[C@@H](NC(=O)CCCCCCCCCCNC(=O)O[C@H]2C[C@@H](C)C=C3C=C[C@H](C)[C@H](CCC(O)C[C@@H](O)CC(=O)O)[C@H]32)C(C)(C)C)cc1. The molecule has 1 aromatic heterocycles. The molecule has 5 rings (SSSR count). The first kappa shape index (κ1) is 55.3. The molecule has 1 saturated heterocycles. The van der Waals surface area contributed by atoms with Crippen LogP contribution >= 0.6 is 11.3 Å². The van der Waals surface area contributed by atoms with Crippen LogP contribution in [0.15, 0.2) is 53.6 Å². The van der Waals surface area contributed by atoms with E-state index < -0.39 is 54.3 Å². The van der Waals surface area contributed by atoms with E-state index in [1.165, 1.54) is 4.90 Å². The molecule has 1 fully saturated rings. The van der Waals surface area contributed by atoms with Crippen molar-refractivity contribution in [1.82, 2.24) is 25.8 Å². The maximum absolute atomic E-state index is 14.0. The number of aromatic nitrogens is 1. The van der Waals surface area contributed by atoms with Gasteiger partial charge in [0.1, 0.15) is 18.2 Å². The van der Waals surface area contributed by atoms with Crippen LogP contribution in [0.25, 0.3) is 10.4 Å². The lowest BCUT2D eigenvalue weighted by molar-refractivity contribution is -0.144. The van der Waals surface area contributed by atoms with E-state index in [-0.39, 0.29) is 79.8 Å². The molecule has 1 aromatic carbocycles. The molecule has 69 heavy (non-hydrogen) atoms. The van der Waals surface area contributed by atoms with Crippen LogP contribution in [-0.4, -0.2) is 110 Å². The first-order chi connectivity index (χ1) is 32.8. The van der Waals surface area contributed by atoms with Gasteiger partial charge in [-0.3, -0.25) is 19.2 Å². The summed E-state index contributed by atoms with van der Waals surface area (Å²) < 4.78 is 6.08. The monoisotopic (exact) mass is 978 g/mol. The highest BCUT2D eigenvalue weighted by Crippen LogP contribution is 2.45. The number of hydrogen-bond donors (Lipinski definition) is 7. The lowest BCUT2D eigenvalue weighted by Crippen LogP contribution is -2.57. The number of benzene rings is 1. The Labute approximate surface area is 413 Å². The van der Waals surface area contributed by atoms with Crippen LogP contribution in [0.4, 0.5) is 4.79 Å². The molecule has 15 nitrogen and oxygen atoms in total. The van der Waals surface area contributed by atoms with E-state index in [2.05, 4.69) is 53.0 Å². The summed E-state index contributed by atoms with van der Waals surface area (Å²) in [4.78, 5) is 71.5. The van der Waals surface area contributed by atoms with E-state index in [0.717, 1.165) is 72.2 Å². The van der Waals surface area contributed by atoms with E-state index >= 15 is 0 Å². The molecule has 1 unspecified atom stereocenters. The van der Waals surface area contributed by atoms with Gasteiger partial charge in [-0.05, 0) is 85.3 Å². The standard InChI is InChI=1S/C53H79N5O10S/c1-33-25-38-19-16-34(2)42(23-22-39(59)27-40(60)29-46(63)64)47(38)44(26-33)68-52(67)54-24-14-12-10-8-7-9-11-13-15-45(62)57-49(53(4,5)6)51(66)58-31-41(61)28-43(58)50(65)55-30-36-17-20-37(21-18-36)48-35(3)56-32-69-48/h16-21,25,32-34,39-44,47,49,59-61H,7-15,22-24,26-31H2,1-6H3,(H,54,67)(H,55,65)(H,57,62)(H,63,64)/t33-,34-,39?,40+,41+,42-,43-,44-,47-,49+/m0/s1. The zero-order chi connectivity index (χ0) is 50.3. The number of carbonyl (C=O) groups is 5. The van der Waals surface area contributed by atoms with Crippen molar-refractivity contribution in [3.05, 3.63) is 64.8 Å². The molecule has 382 valence electrons. The molecule has 0 radical (unpaired) electrons. The smallest absolute Gasteiger partial charge is 0.407 e. The van der Waals surface area contributed by atoms with Crippen LogP contribution in [0.2, 0.25) is 0 Å². The third-order valence-corrected chi connectivity index (χ3v) is 14.9. The Bertz CT molecular complexity index is 2070. The fraction of sp³-hybridized carbons (Fsp3) is 0.660. The topological polar surface area (TPSA) is 228 Å². The third kappa shape index (κ3) is 17.0. The number of carboxylic acid groups (broad SMARTS) is 1. The highest BCUT2D eigenvalue weighted by atomic mass is 32.1. The first-order valence-corrected chi connectivity index (χ1v) is 26.2. The summed E-state index contributed by atoms with van der Waals surface area (Å²) in [6.45, 7) is 12.7. The molecule has 1 aliphatic heterocycles. The molecular formula is C53H79N5O10S. The number of carboxylic acids is 1. The maximum atomic E-state index is 14.0. The van der Waals surface area contributed by atoms with Crippen molar-refractivity contribution < 1.29 is 49.1 Å². The number of ether oxygens (including phenoxy) is 1. The van der Waals surface area contributed by atoms with Gasteiger partial charge >= 0.3 is 12.1 Å². The summed E-state index contributed by atoms with van der Waals surface area (Å²) in [6, 6.07) is 6.20. The van der Waals surface area contributed by atoms with E-state index in [0.29, 0.717) is 32.2 Å². The average molecular weight is 978 g/mol. The first-order valence-electron chi connectivity index (χ1n) is 25.3. The number of nitrogens with one attached hydrogen (secondary N) is 3. The minimum atomic E-state index is -1.10. The summed E-state index contributed by atoms with van der Waals surface area (Å²) in [5, 5.41) is 49.0. The second-order valence-electron chi connectivity index (χ2n) is 20.9. The van der Waals surface area contributed by atoms with Crippen molar-refractivity contribution in [2.75, 3.05) is 13.1 Å². The number of aliphatic carboxylic acids is 1. The summed E-state index contributed by atoms with van der Waals surface area (Å²) in [5.41, 5.74) is 5.27. The van der Waals surface area contributed by atoms with Crippen LogP contribution in [0.1, 0.15) is 142 Å². The van der Waals surface area contributed by atoms with Crippen LogP contribution < -0.4 is 16.0 Å². The number of amides is 4. The molecule has 2 aliphatic carbocycles. The molecule has 2 aromatic rings. The van der Waals surface area contributed by atoms with E-state index in [1.807, 2.05) is 57.5 Å². The van der Waals surface area contributed by atoms with Gasteiger partial charge in [0, 0.05) is 38.4 Å². The Morgan fingerprint density at radius 1 is 0.928 bits per heavy atom. The van der Waals surface area contributed by atoms with Crippen LogP contribution in [0.5, 0.6) is 0 Å². The van der Waals surface area contributed by atoms with Crippen LogP contribution in [0.3, 0.4) is 0 Å². The lowest BCUT2D eigenvalue weighted by Gasteiger charge is -2.43. The Balaban J connectivity index is 0.953. The number of carbonyl (C=O) groups excluding carboxylic acids is 4. The number of hydrogen-bond acceptors (Lipinski definition) is 11. The Morgan fingerprint density at radius 3 is 2.26 bits per heavy atom. The van der Waals surface area contributed by atoms with Crippen LogP contribution in [-0.2, 0) is 30.5 Å². The maximum Gasteiger partial charge on any atom is 0.407 e. The van der Waals surface area contributed by atoms with Crippen molar-refractivity contribution in [2.45, 2.75) is 181 Å². The Morgan fingerprint density at radius 2 is 1.61 bits per heavy atom. The number of aryl methyl sites for hydroxylation is 1. The summed E-state index contributed by atoms with van der Waals surface area (Å²) in [6.07, 6.45) is 12.3. The molecule has 7 N–H and O–H groups in total. The van der Waals surface area contributed by atoms with Gasteiger partial charge in [-0.25, -0.2) is 9.78 Å². The second-order valence-corrected chi connectivity index (χ2v) is 21.8. The predicted octanol–water partition coefficient (Wildman–Crippen LogP) is 7.60. The third-order valence-electron chi connectivity index (χ3n) is 14.0. The zero-order valence-corrected chi connectivity index (χ0v) is 42.5. The molecule has 0 saturated carbocycles. The molecule has 16 heteroatoms. The highest BCUT2D eigenvalue weighted by molar-refractivity contribution is 7.13. The molecular weight excluding hydrogens is 899 g/mol. The quantitative estimate of drug-likeness (QED) is 0.0479. The van der Waals surface area contributed by atoms with Crippen LogP contribution in [0, 0.1) is 36.0 Å². The Kier molecular flexibility index (Phi) is 21.3. The molecule has 2 heterocycles. The fourth-order valence-electron chi connectivity index (χ4n) is 10.2. The number of fused-ring (bicyclic) bond motifs is 1. The van der Waals surface area contributed by atoms with Crippen molar-refractivity contribution in [3.8, 4) is 10.4 Å². The average Bonchev–Trinajstić information content (AvgIpc) is 3.90. The van der Waals surface area contributed by atoms with Gasteiger partial charge in [-0.2, -0.15) is 0 Å². The number of aliphatic hydroxyl groups is 3. The van der Waals surface area contributed by atoms with Gasteiger partial charge in [0.05, 0.1) is 40.8 Å². The second kappa shape index (κ2) is 26.5. The van der Waals surface area contributed by atoms with Gasteiger partial charge in [0.2, 0.25) is 17.7 Å². The largest absolute Gasteiger partial charge is 0.481 e. The van der Waals surface area contributed by atoms with Gasteiger partial charge in [-0.1, -0.05) is 116 Å². The number of thiazole rings is 1. The van der Waals surface area contributed by atoms with Crippen molar-refractivity contribution in [2.24, 2.45) is 29.1 Å². The summed E-state index contributed by atoms with van der Waals surface area (Å²) >= 11 is 1.58. The normalized spacial score (nSPS) is 23.6. The van der Waals surface area contributed by atoms with E-state index in [9.17, 15) is 39.3 Å². The number of aliphatic hydroxyl groups excluding tert-OH is 3. The zero-order valence-electron chi connectivity index (χ0n) is 41.7. The number of unbranched alkanes of at least 4 members (excludes halogenated alkanes) is 7. The number of allylic oxidation sites excluding steroid dienone is 3. The van der Waals surface area contributed by atoms with Gasteiger partial charge in [0.15, 0.2) is 0 Å². The molecule has 0 bridgehead atoms. The summed E-state index contributed by atoms with van der Waals surface area (Å²) in [7, 11) is 0. The summed E-state index contributed by atoms with van der Waals surface area (Å²) in [5.74, 6) is -1.47. The minimum absolute atomic E-state index is 0.00633. The minimum Gasteiger partial charge on any atom is -0.481 e. The van der Waals surface area contributed by atoms with E-state index in [1.54, 1.807) is 11.3 Å². The molecule has 3 aliphatic rings. The van der Waals surface area contributed by atoms with Gasteiger partial charge in [0.25, 0.3) is 0 Å². The van der Waals surface area contributed by atoms with Crippen molar-refractivity contribution in [3.63, 3.8) is 0 Å². The van der Waals surface area contributed by atoms with Crippen molar-refractivity contribution in [1.29, 1.82) is 0 Å². The molecule has 0 spiro atoms. The predicted molar refractivity (Wildman–Crippen MR) is 267 cm³/mol. The number of nitrogens with zero attached hydrogens (tertiary/aromatic N) is 2. The fourth-order valence-corrected chi connectivity index (χ4v) is 11.0. The number of alkyl carbamates (subject to hydrolysis) is 1. The van der Waals surface area contributed by atoms with E-state index in [4.69, 9.17) is 9.84 Å². The highest BCUT2D eigenvalue weighted by Gasteiger charge is 2.45. The number of likely N-dealkylation sites (tertiary alicyclic amines) is 1. The number of rotatable bonds is 25. The molecule has 4 amide bonds. The van der Waals surface area contributed by atoms with Gasteiger partial charge in [-0.15, -0.1) is 11.3 Å². The lowest BCUT2D eigenvalue weighted by atomic mass is 9.65. The van der Waals surface area contributed by atoms with Gasteiger partial charge < -0.3 is 46.0 Å². The number of β-amino-alcohol motifs (C(OH)–C–C–N with tert-alkyl or cyclic N) is 1. The Hall–Kier alpha value is -4.64. The van der Waals surface area contributed by atoms with Crippen molar-refractivity contribution >= 4 is 41.1 Å².